The monoisotopic (exact) mass is 255 g/mol. The summed E-state index contributed by atoms with van der Waals surface area (Å²) in [5.41, 5.74) is -4.74. The molecule has 3 nitrogen and oxygen atoms in total. The molecule has 2 N–H and O–H groups in total. The second kappa shape index (κ2) is 5.19. The van der Waals surface area contributed by atoms with Gasteiger partial charge < -0.3 is 15.2 Å². The zero-order valence-electron chi connectivity index (χ0n) is 8.24. The third-order valence-electron chi connectivity index (χ3n) is 1.80. The lowest BCUT2D eigenvalue weighted by Gasteiger charge is -2.32. The molecule has 0 aromatic rings. The fourth-order valence-electron chi connectivity index (χ4n) is 0.805. The number of nitrogens with one attached hydrogen (secondary N) is 1. The van der Waals surface area contributed by atoms with Crippen molar-refractivity contribution in [1.29, 1.82) is 0 Å². The van der Waals surface area contributed by atoms with Crippen LogP contribution in [0.15, 0.2) is 0 Å². The molecule has 0 rings (SSSR count). The Bertz CT molecular complexity index is 200. The first-order valence-corrected chi connectivity index (χ1v) is 4.12. The van der Waals surface area contributed by atoms with Crippen LogP contribution in [0.25, 0.3) is 0 Å². The summed E-state index contributed by atoms with van der Waals surface area (Å²) in [6, 6.07) is 0. The van der Waals surface area contributed by atoms with Crippen LogP contribution in [0, 0.1) is 0 Å². The molecular formula is C7H11F6NO2. The summed E-state index contributed by atoms with van der Waals surface area (Å²) < 4.78 is 76.8. The highest BCUT2D eigenvalue weighted by Gasteiger charge is 2.70. The standard InChI is InChI=1S/C7H11F6NO2/c1-16-3-2-14-4-5(15,6(8,9)10)7(11,12)13/h14-15H,2-4H2,1H3. The van der Waals surface area contributed by atoms with Gasteiger partial charge in [-0.15, -0.1) is 0 Å². The van der Waals surface area contributed by atoms with Gasteiger partial charge in [-0.25, -0.2) is 0 Å². The second-order valence-electron chi connectivity index (χ2n) is 3.03. The van der Waals surface area contributed by atoms with Gasteiger partial charge in [0.15, 0.2) is 0 Å². The van der Waals surface area contributed by atoms with Gasteiger partial charge in [-0.2, -0.15) is 26.3 Å². The second-order valence-corrected chi connectivity index (χ2v) is 3.03. The SMILES string of the molecule is COCCNCC(O)(C(F)(F)F)C(F)(F)F. The minimum absolute atomic E-state index is 0.0637. The van der Waals surface area contributed by atoms with Crippen molar-refractivity contribution in [2.75, 3.05) is 26.8 Å². The van der Waals surface area contributed by atoms with E-state index in [1.165, 1.54) is 7.11 Å². The van der Waals surface area contributed by atoms with E-state index in [9.17, 15) is 26.3 Å². The molecule has 0 radical (unpaired) electrons. The summed E-state index contributed by atoms with van der Waals surface area (Å²) in [6.07, 6.45) is -11.6. The van der Waals surface area contributed by atoms with Gasteiger partial charge in [-0.1, -0.05) is 0 Å². The number of hydrogen-bond donors (Lipinski definition) is 2. The lowest BCUT2D eigenvalue weighted by molar-refractivity contribution is -0.365. The van der Waals surface area contributed by atoms with E-state index in [2.05, 4.69) is 4.74 Å². The molecule has 16 heavy (non-hydrogen) atoms. The Balaban J connectivity index is 4.59. The van der Waals surface area contributed by atoms with Crippen molar-refractivity contribution in [3.05, 3.63) is 0 Å². The Morgan fingerprint density at radius 3 is 1.81 bits per heavy atom. The average Bonchev–Trinajstić information content (AvgIpc) is 2.08. The molecule has 0 heterocycles. The van der Waals surface area contributed by atoms with Crippen molar-refractivity contribution in [3.8, 4) is 0 Å². The van der Waals surface area contributed by atoms with Crippen molar-refractivity contribution in [2.24, 2.45) is 0 Å². The number of rotatable bonds is 5. The van der Waals surface area contributed by atoms with E-state index in [1.54, 1.807) is 0 Å². The Morgan fingerprint density at radius 2 is 1.50 bits per heavy atom. The van der Waals surface area contributed by atoms with Crippen LogP contribution < -0.4 is 5.32 Å². The predicted octanol–water partition coefficient (Wildman–Crippen LogP) is 1.08. The van der Waals surface area contributed by atoms with E-state index in [1.807, 2.05) is 5.32 Å². The van der Waals surface area contributed by atoms with Crippen LogP contribution in [0.5, 0.6) is 0 Å². The molecule has 0 aliphatic heterocycles. The number of alkyl halides is 6. The molecule has 9 heteroatoms. The van der Waals surface area contributed by atoms with E-state index >= 15 is 0 Å². The molecule has 0 aromatic heterocycles. The fraction of sp³-hybridized carbons (Fsp3) is 1.00. The topological polar surface area (TPSA) is 41.5 Å². The number of hydrogen-bond acceptors (Lipinski definition) is 3. The highest BCUT2D eigenvalue weighted by atomic mass is 19.4. The summed E-state index contributed by atoms with van der Waals surface area (Å²) in [6.45, 7) is -1.96. The first kappa shape index (κ1) is 15.5. The van der Waals surface area contributed by atoms with Crippen LogP contribution in [-0.4, -0.2) is 49.9 Å². The first-order valence-electron chi connectivity index (χ1n) is 4.12. The number of halogens is 6. The van der Waals surface area contributed by atoms with Crippen LogP contribution in [0.4, 0.5) is 26.3 Å². The van der Waals surface area contributed by atoms with Gasteiger partial charge in [0.05, 0.1) is 6.61 Å². The molecule has 0 saturated carbocycles. The van der Waals surface area contributed by atoms with E-state index in [4.69, 9.17) is 5.11 Å². The minimum atomic E-state index is -5.79. The average molecular weight is 255 g/mol. The Hall–Kier alpha value is -0.540. The molecule has 0 unspecified atom stereocenters. The molecule has 0 spiro atoms. The van der Waals surface area contributed by atoms with Crippen molar-refractivity contribution in [1.82, 2.24) is 5.32 Å². The van der Waals surface area contributed by atoms with E-state index < -0.39 is 24.5 Å². The molecule has 0 amide bonds. The van der Waals surface area contributed by atoms with Crippen LogP contribution in [0.2, 0.25) is 0 Å². The van der Waals surface area contributed by atoms with Crippen LogP contribution in [-0.2, 0) is 4.74 Å². The Morgan fingerprint density at radius 1 is 1.06 bits per heavy atom. The van der Waals surface area contributed by atoms with Gasteiger partial charge >= 0.3 is 12.4 Å². The number of methoxy groups -OCH3 is 1. The van der Waals surface area contributed by atoms with Gasteiger partial charge in [0.25, 0.3) is 5.60 Å². The van der Waals surface area contributed by atoms with Crippen molar-refractivity contribution < 1.29 is 36.2 Å². The third-order valence-corrected chi connectivity index (χ3v) is 1.80. The molecular weight excluding hydrogens is 244 g/mol. The molecule has 0 aromatic carbocycles. The lowest BCUT2D eigenvalue weighted by Crippen LogP contribution is -2.62. The molecule has 0 atom stereocenters. The van der Waals surface area contributed by atoms with Crippen molar-refractivity contribution in [2.45, 2.75) is 18.0 Å². The molecule has 0 fully saturated rings. The lowest BCUT2D eigenvalue weighted by atomic mass is 10.0. The van der Waals surface area contributed by atoms with Gasteiger partial charge in [0, 0.05) is 20.2 Å². The van der Waals surface area contributed by atoms with Crippen LogP contribution >= 0.6 is 0 Å². The smallest absolute Gasteiger partial charge is 0.383 e. The molecule has 0 aliphatic rings. The normalized spacial score (nSPS) is 14.2. The number of aliphatic hydroxyl groups is 1. The van der Waals surface area contributed by atoms with E-state index in [-0.39, 0.29) is 13.2 Å². The van der Waals surface area contributed by atoms with Gasteiger partial charge in [-0.3, -0.25) is 0 Å². The van der Waals surface area contributed by atoms with Crippen LogP contribution in [0.1, 0.15) is 0 Å². The maximum absolute atomic E-state index is 12.1. The van der Waals surface area contributed by atoms with Crippen molar-refractivity contribution in [3.63, 3.8) is 0 Å². The summed E-state index contributed by atoms with van der Waals surface area (Å²) in [7, 11) is 1.24. The zero-order chi connectivity index (χ0) is 13.0. The van der Waals surface area contributed by atoms with E-state index in [0.717, 1.165) is 0 Å². The summed E-state index contributed by atoms with van der Waals surface area (Å²) in [5.74, 6) is 0. The molecule has 0 aliphatic carbocycles. The quantitative estimate of drug-likeness (QED) is 0.570. The van der Waals surface area contributed by atoms with E-state index in [0.29, 0.717) is 0 Å². The predicted molar refractivity (Wildman–Crippen MR) is 41.8 cm³/mol. The Kier molecular flexibility index (Phi) is 5.02. The molecule has 98 valence electrons. The van der Waals surface area contributed by atoms with Gasteiger partial charge in [0.2, 0.25) is 0 Å². The highest BCUT2D eigenvalue weighted by Crippen LogP contribution is 2.42. The molecule has 0 bridgehead atoms. The van der Waals surface area contributed by atoms with Crippen LogP contribution in [0.3, 0.4) is 0 Å². The van der Waals surface area contributed by atoms with Gasteiger partial charge in [-0.05, 0) is 0 Å². The summed E-state index contributed by atoms with van der Waals surface area (Å²) >= 11 is 0. The largest absolute Gasteiger partial charge is 0.427 e. The first-order chi connectivity index (χ1) is 7.06. The molecule has 0 saturated heterocycles. The minimum Gasteiger partial charge on any atom is -0.383 e. The van der Waals surface area contributed by atoms with Gasteiger partial charge in [0.1, 0.15) is 0 Å². The fourth-order valence-corrected chi connectivity index (χ4v) is 0.805. The van der Waals surface area contributed by atoms with Crippen molar-refractivity contribution >= 4 is 0 Å². The highest BCUT2D eigenvalue weighted by molar-refractivity contribution is 4.95. The summed E-state index contributed by atoms with van der Waals surface area (Å²) in [5, 5.41) is 10.5. The maximum Gasteiger partial charge on any atom is 0.427 e. The Labute approximate surface area is 87.4 Å². The maximum atomic E-state index is 12.1. The zero-order valence-corrected chi connectivity index (χ0v) is 8.24. The summed E-state index contributed by atoms with van der Waals surface area (Å²) in [4.78, 5) is 0. The third kappa shape index (κ3) is 3.49. The number of ether oxygens (including phenoxy) is 1.